The van der Waals surface area contributed by atoms with Crippen molar-refractivity contribution in [3.63, 3.8) is 0 Å². The van der Waals surface area contributed by atoms with Gasteiger partial charge in [-0.15, -0.1) is 10.2 Å². The molecule has 2 N–H and O–H groups in total. The zero-order valence-electron chi connectivity index (χ0n) is 13.4. The number of fused-ring (bicyclic) bond motifs is 1. The molecule has 0 aliphatic carbocycles. The molecule has 0 bridgehead atoms. The summed E-state index contributed by atoms with van der Waals surface area (Å²) in [5, 5.41) is 13.5. The van der Waals surface area contributed by atoms with Gasteiger partial charge < -0.3 is 5.73 Å². The first-order valence-electron chi connectivity index (χ1n) is 7.45. The van der Waals surface area contributed by atoms with Crippen LogP contribution in [0.3, 0.4) is 0 Å². The molecule has 3 aromatic rings. The number of nitrogen functional groups attached to an aromatic ring is 1. The van der Waals surface area contributed by atoms with Crippen LogP contribution in [-0.4, -0.2) is 19.8 Å². The Morgan fingerprint density at radius 2 is 2.00 bits per heavy atom. The Hall–Kier alpha value is -2.28. The highest BCUT2D eigenvalue weighted by Gasteiger charge is 2.22. The first-order valence-corrected chi connectivity index (χ1v) is 8.26. The lowest BCUT2D eigenvalue weighted by Crippen LogP contribution is -2.30. The second kappa shape index (κ2) is 5.73. The Bertz CT molecular complexity index is 907. The molecule has 0 atom stereocenters. The fourth-order valence-corrected chi connectivity index (χ4v) is 3.16. The number of rotatable bonds is 3. The maximum Gasteiger partial charge on any atom is 0.297 e. The van der Waals surface area contributed by atoms with Gasteiger partial charge in [-0.25, -0.2) is 0 Å². The molecule has 0 aliphatic rings. The van der Waals surface area contributed by atoms with E-state index in [0.29, 0.717) is 10.7 Å². The fourth-order valence-electron chi connectivity index (χ4n) is 2.33. The van der Waals surface area contributed by atoms with Gasteiger partial charge in [-0.2, -0.15) is 9.61 Å². The molecule has 6 nitrogen and oxygen atoms in total. The molecule has 2 heterocycles. The third-order valence-electron chi connectivity index (χ3n) is 3.52. The first kappa shape index (κ1) is 15.6. The van der Waals surface area contributed by atoms with Crippen LogP contribution in [0.2, 0.25) is 0 Å². The minimum Gasteiger partial charge on any atom is -0.399 e. The average molecular weight is 329 g/mol. The lowest BCUT2D eigenvalue weighted by molar-refractivity contribution is 0.542. The lowest BCUT2D eigenvalue weighted by Gasteiger charge is -2.14. The fraction of sp³-hybridized carbons (Fsp3) is 0.375. The van der Waals surface area contributed by atoms with E-state index in [1.165, 1.54) is 15.9 Å². The van der Waals surface area contributed by atoms with E-state index in [4.69, 9.17) is 5.73 Å². The van der Waals surface area contributed by atoms with Crippen LogP contribution < -0.4 is 11.3 Å². The smallest absolute Gasteiger partial charge is 0.297 e. The minimum absolute atomic E-state index is 0.186. The molecule has 1 aromatic carbocycles. The number of hydrogen-bond donors (Lipinski definition) is 1. The second-order valence-corrected chi connectivity index (χ2v) is 7.58. The SMILES string of the molecule is CC(C)(C)c1nnc2sc(CCc3cccc(N)c3)nn2c1=O. The summed E-state index contributed by atoms with van der Waals surface area (Å²) in [5.74, 6) is 0. The molecule has 23 heavy (non-hydrogen) atoms. The van der Waals surface area contributed by atoms with E-state index in [9.17, 15) is 4.79 Å². The van der Waals surface area contributed by atoms with Gasteiger partial charge in [0.1, 0.15) is 10.7 Å². The number of nitrogens with two attached hydrogens (primary N) is 1. The Kier molecular flexibility index (Phi) is 3.89. The van der Waals surface area contributed by atoms with Gasteiger partial charge in [0.25, 0.3) is 5.56 Å². The lowest BCUT2D eigenvalue weighted by atomic mass is 9.93. The number of benzene rings is 1. The van der Waals surface area contributed by atoms with Crippen molar-refractivity contribution in [1.82, 2.24) is 19.8 Å². The van der Waals surface area contributed by atoms with Crippen molar-refractivity contribution in [2.75, 3.05) is 5.73 Å². The molecular formula is C16H19N5OS. The molecule has 3 rings (SSSR count). The summed E-state index contributed by atoms with van der Waals surface area (Å²) in [6, 6.07) is 7.79. The van der Waals surface area contributed by atoms with E-state index in [1.54, 1.807) is 0 Å². The van der Waals surface area contributed by atoms with Crippen LogP contribution in [0.4, 0.5) is 5.69 Å². The highest BCUT2D eigenvalue weighted by atomic mass is 32.1. The Morgan fingerprint density at radius 1 is 1.22 bits per heavy atom. The van der Waals surface area contributed by atoms with Crippen LogP contribution in [0.5, 0.6) is 0 Å². The summed E-state index contributed by atoms with van der Waals surface area (Å²) in [4.78, 5) is 13.0. The normalized spacial score (nSPS) is 12.0. The summed E-state index contributed by atoms with van der Waals surface area (Å²) in [5.41, 5.74) is 7.59. The molecule has 0 amide bonds. The molecular weight excluding hydrogens is 310 g/mol. The topological polar surface area (TPSA) is 86.2 Å². The van der Waals surface area contributed by atoms with Crippen molar-refractivity contribution < 1.29 is 0 Å². The molecule has 7 heteroatoms. The number of aromatic nitrogens is 4. The molecule has 0 fully saturated rings. The van der Waals surface area contributed by atoms with E-state index in [0.717, 1.165) is 29.1 Å². The zero-order chi connectivity index (χ0) is 16.6. The van der Waals surface area contributed by atoms with Crippen molar-refractivity contribution in [3.05, 3.63) is 50.9 Å². The quantitative estimate of drug-likeness (QED) is 0.745. The average Bonchev–Trinajstić information content (AvgIpc) is 2.88. The van der Waals surface area contributed by atoms with Crippen molar-refractivity contribution in [3.8, 4) is 0 Å². The molecule has 0 radical (unpaired) electrons. The molecule has 0 aliphatic heterocycles. The van der Waals surface area contributed by atoms with Crippen molar-refractivity contribution in [2.45, 2.75) is 39.0 Å². The van der Waals surface area contributed by atoms with Crippen molar-refractivity contribution in [2.24, 2.45) is 0 Å². The van der Waals surface area contributed by atoms with E-state index >= 15 is 0 Å². The van der Waals surface area contributed by atoms with E-state index < -0.39 is 0 Å². The van der Waals surface area contributed by atoms with Crippen LogP contribution in [0.25, 0.3) is 4.96 Å². The van der Waals surface area contributed by atoms with Crippen molar-refractivity contribution in [1.29, 1.82) is 0 Å². The molecule has 0 unspecified atom stereocenters. The standard InChI is InChI=1S/C16H19N5OS/c1-16(2,3)13-14(22)21-15(19-18-13)23-12(20-21)8-7-10-5-4-6-11(17)9-10/h4-6,9H,7-8,17H2,1-3H3. The van der Waals surface area contributed by atoms with E-state index in [1.807, 2.05) is 45.0 Å². The molecule has 0 saturated carbocycles. The summed E-state index contributed by atoms with van der Waals surface area (Å²) >= 11 is 1.40. The third-order valence-corrected chi connectivity index (χ3v) is 4.48. The van der Waals surface area contributed by atoms with Crippen molar-refractivity contribution >= 4 is 22.0 Å². The van der Waals surface area contributed by atoms with Gasteiger partial charge in [-0.3, -0.25) is 4.79 Å². The molecule has 0 spiro atoms. The summed E-state index contributed by atoms with van der Waals surface area (Å²) in [6.45, 7) is 5.83. The molecule has 120 valence electrons. The Balaban J connectivity index is 1.89. The van der Waals surface area contributed by atoms with Crippen LogP contribution in [-0.2, 0) is 18.3 Å². The number of aryl methyl sites for hydroxylation is 2. The highest BCUT2D eigenvalue weighted by Crippen LogP contribution is 2.18. The van der Waals surface area contributed by atoms with Gasteiger partial charge in [0.15, 0.2) is 0 Å². The zero-order valence-corrected chi connectivity index (χ0v) is 14.2. The number of hydrogen-bond acceptors (Lipinski definition) is 6. The predicted molar refractivity (Wildman–Crippen MR) is 91.9 cm³/mol. The van der Waals surface area contributed by atoms with Gasteiger partial charge in [0, 0.05) is 17.5 Å². The van der Waals surface area contributed by atoms with Crippen LogP contribution in [0, 0.1) is 0 Å². The predicted octanol–water partition coefficient (Wildman–Crippen LogP) is 2.21. The third kappa shape index (κ3) is 3.24. The summed E-state index contributed by atoms with van der Waals surface area (Å²) in [6.07, 6.45) is 1.56. The van der Waals surface area contributed by atoms with Crippen LogP contribution >= 0.6 is 11.3 Å². The Labute approximate surface area is 138 Å². The number of nitrogens with zero attached hydrogens (tertiary/aromatic N) is 4. The highest BCUT2D eigenvalue weighted by molar-refractivity contribution is 7.16. The van der Waals surface area contributed by atoms with E-state index in [2.05, 4.69) is 15.3 Å². The van der Waals surface area contributed by atoms with Gasteiger partial charge in [0.2, 0.25) is 4.96 Å². The van der Waals surface area contributed by atoms with Gasteiger partial charge >= 0.3 is 0 Å². The molecule has 0 saturated heterocycles. The Morgan fingerprint density at radius 3 is 2.70 bits per heavy atom. The summed E-state index contributed by atoms with van der Waals surface area (Å²) in [7, 11) is 0. The summed E-state index contributed by atoms with van der Waals surface area (Å²) < 4.78 is 1.37. The van der Waals surface area contributed by atoms with Gasteiger partial charge in [-0.05, 0) is 24.1 Å². The largest absolute Gasteiger partial charge is 0.399 e. The van der Waals surface area contributed by atoms with Crippen LogP contribution in [0.1, 0.15) is 37.0 Å². The van der Waals surface area contributed by atoms with Crippen LogP contribution in [0.15, 0.2) is 29.1 Å². The maximum absolute atomic E-state index is 12.5. The monoisotopic (exact) mass is 329 g/mol. The van der Waals surface area contributed by atoms with Gasteiger partial charge in [0.05, 0.1) is 0 Å². The maximum atomic E-state index is 12.5. The minimum atomic E-state index is -0.351. The van der Waals surface area contributed by atoms with Gasteiger partial charge in [-0.1, -0.05) is 44.2 Å². The second-order valence-electron chi connectivity index (χ2n) is 6.54. The first-order chi connectivity index (χ1) is 10.8. The van der Waals surface area contributed by atoms with E-state index in [-0.39, 0.29) is 11.0 Å². The molecule has 2 aromatic heterocycles. The number of anilines is 1.